The number of carbonyl (C=O) groups is 2. The summed E-state index contributed by atoms with van der Waals surface area (Å²) in [6, 6.07) is 7.77. The summed E-state index contributed by atoms with van der Waals surface area (Å²) < 4.78 is 5.13. The highest BCUT2D eigenvalue weighted by atomic mass is 16.5. The summed E-state index contributed by atoms with van der Waals surface area (Å²) in [6.45, 7) is 0.347. The number of hydrogen-bond donors (Lipinski definition) is 2. The van der Waals surface area contributed by atoms with E-state index in [1.165, 1.54) is 18.9 Å². The van der Waals surface area contributed by atoms with Gasteiger partial charge in [-0.25, -0.2) is 0 Å². The van der Waals surface area contributed by atoms with E-state index < -0.39 is 0 Å². The zero-order chi connectivity index (χ0) is 16.5. The fraction of sp³-hybridized carbons (Fsp3) is 0.444. The second-order valence-corrected chi connectivity index (χ2v) is 5.70. The quantitative estimate of drug-likeness (QED) is 0.758. The first-order chi connectivity index (χ1) is 11.2. The summed E-state index contributed by atoms with van der Waals surface area (Å²) in [5.41, 5.74) is 0.887. The standard InChI is InChI=1S/C18H24N2O3/c1-23-16-8-4-5-14(13-16)9-10-17(21)19-12-11-18(22)20-15-6-2-3-7-15/h4-5,8-10,13,15H,2-3,6-7,11-12H2,1H3,(H,19,21)(H,20,22)/b10-9+. The van der Waals surface area contributed by atoms with Crippen molar-refractivity contribution >= 4 is 17.9 Å². The van der Waals surface area contributed by atoms with E-state index in [9.17, 15) is 9.59 Å². The van der Waals surface area contributed by atoms with Gasteiger partial charge in [-0.3, -0.25) is 9.59 Å². The molecule has 0 aliphatic heterocycles. The van der Waals surface area contributed by atoms with Gasteiger partial charge in [0.25, 0.3) is 0 Å². The van der Waals surface area contributed by atoms with Gasteiger partial charge in [-0.05, 0) is 36.6 Å². The van der Waals surface area contributed by atoms with Crippen LogP contribution in [0.5, 0.6) is 5.75 Å². The van der Waals surface area contributed by atoms with Crippen LogP contribution < -0.4 is 15.4 Å². The molecule has 2 rings (SSSR count). The van der Waals surface area contributed by atoms with Crippen molar-refractivity contribution < 1.29 is 14.3 Å². The SMILES string of the molecule is COc1cccc(/C=C/C(=O)NCCC(=O)NC2CCCC2)c1. The molecule has 1 aliphatic rings. The van der Waals surface area contributed by atoms with E-state index in [0.29, 0.717) is 19.0 Å². The van der Waals surface area contributed by atoms with Crippen LogP contribution in [0.4, 0.5) is 0 Å². The topological polar surface area (TPSA) is 67.4 Å². The number of ether oxygens (including phenoxy) is 1. The Morgan fingerprint density at radius 1 is 1.30 bits per heavy atom. The van der Waals surface area contributed by atoms with Crippen molar-refractivity contribution in [2.45, 2.75) is 38.1 Å². The summed E-state index contributed by atoms with van der Waals surface area (Å²) >= 11 is 0. The van der Waals surface area contributed by atoms with Gasteiger partial charge in [0.15, 0.2) is 0 Å². The van der Waals surface area contributed by atoms with Gasteiger partial charge in [0, 0.05) is 25.1 Å². The summed E-state index contributed by atoms with van der Waals surface area (Å²) in [5.74, 6) is 0.548. The summed E-state index contributed by atoms with van der Waals surface area (Å²) in [6.07, 6.45) is 8.02. The van der Waals surface area contributed by atoms with Crippen LogP contribution in [-0.2, 0) is 9.59 Å². The Labute approximate surface area is 137 Å². The first kappa shape index (κ1) is 17.1. The highest BCUT2D eigenvalue weighted by Gasteiger charge is 2.16. The second-order valence-electron chi connectivity index (χ2n) is 5.70. The average molecular weight is 316 g/mol. The Kier molecular flexibility index (Phi) is 6.66. The van der Waals surface area contributed by atoms with Crippen molar-refractivity contribution in [2.24, 2.45) is 0 Å². The Balaban J connectivity index is 1.67. The molecule has 2 N–H and O–H groups in total. The van der Waals surface area contributed by atoms with Crippen molar-refractivity contribution in [3.05, 3.63) is 35.9 Å². The third kappa shape index (κ3) is 6.14. The van der Waals surface area contributed by atoms with Gasteiger partial charge in [-0.2, -0.15) is 0 Å². The third-order valence-electron chi connectivity index (χ3n) is 3.89. The van der Waals surface area contributed by atoms with Crippen LogP contribution in [0.15, 0.2) is 30.3 Å². The minimum atomic E-state index is -0.207. The number of rotatable bonds is 7. The Morgan fingerprint density at radius 3 is 2.83 bits per heavy atom. The molecule has 0 unspecified atom stereocenters. The molecule has 1 saturated carbocycles. The molecule has 5 heteroatoms. The van der Waals surface area contributed by atoms with Crippen LogP contribution in [0.2, 0.25) is 0 Å². The van der Waals surface area contributed by atoms with E-state index >= 15 is 0 Å². The first-order valence-electron chi connectivity index (χ1n) is 8.06. The lowest BCUT2D eigenvalue weighted by atomic mass is 10.2. The molecular weight excluding hydrogens is 292 g/mol. The zero-order valence-electron chi connectivity index (χ0n) is 13.5. The van der Waals surface area contributed by atoms with Gasteiger partial charge < -0.3 is 15.4 Å². The maximum absolute atomic E-state index is 11.7. The van der Waals surface area contributed by atoms with E-state index in [0.717, 1.165) is 24.2 Å². The van der Waals surface area contributed by atoms with Crippen molar-refractivity contribution in [2.75, 3.05) is 13.7 Å². The van der Waals surface area contributed by atoms with Gasteiger partial charge in [0.1, 0.15) is 5.75 Å². The van der Waals surface area contributed by atoms with Crippen LogP contribution in [0.3, 0.4) is 0 Å². The van der Waals surface area contributed by atoms with E-state index in [1.54, 1.807) is 13.2 Å². The lowest BCUT2D eigenvalue weighted by Gasteiger charge is -2.11. The molecule has 1 aromatic rings. The zero-order valence-corrected chi connectivity index (χ0v) is 13.5. The summed E-state index contributed by atoms with van der Waals surface area (Å²) in [7, 11) is 1.60. The molecule has 0 saturated heterocycles. The van der Waals surface area contributed by atoms with E-state index in [2.05, 4.69) is 10.6 Å². The predicted octanol–water partition coefficient (Wildman–Crippen LogP) is 2.27. The smallest absolute Gasteiger partial charge is 0.244 e. The summed E-state index contributed by atoms with van der Waals surface area (Å²) in [4.78, 5) is 23.5. The molecule has 1 aliphatic carbocycles. The molecule has 5 nitrogen and oxygen atoms in total. The average Bonchev–Trinajstić information content (AvgIpc) is 3.06. The lowest BCUT2D eigenvalue weighted by Crippen LogP contribution is -2.35. The largest absolute Gasteiger partial charge is 0.497 e. The van der Waals surface area contributed by atoms with Gasteiger partial charge in [0.05, 0.1) is 7.11 Å². The van der Waals surface area contributed by atoms with Gasteiger partial charge in [-0.1, -0.05) is 25.0 Å². The number of hydrogen-bond acceptors (Lipinski definition) is 3. The lowest BCUT2D eigenvalue weighted by molar-refractivity contribution is -0.121. The third-order valence-corrected chi connectivity index (χ3v) is 3.89. The Hall–Kier alpha value is -2.30. The molecule has 0 heterocycles. The van der Waals surface area contributed by atoms with E-state index in [-0.39, 0.29) is 11.8 Å². The molecule has 0 bridgehead atoms. The van der Waals surface area contributed by atoms with E-state index in [1.807, 2.05) is 24.3 Å². The molecule has 1 aromatic carbocycles. The molecule has 0 aromatic heterocycles. The summed E-state index contributed by atoms with van der Waals surface area (Å²) in [5, 5.41) is 5.72. The van der Waals surface area contributed by atoms with Crippen LogP contribution >= 0.6 is 0 Å². The minimum absolute atomic E-state index is 0.00831. The van der Waals surface area contributed by atoms with Crippen molar-refractivity contribution in [1.82, 2.24) is 10.6 Å². The van der Waals surface area contributed by atoms with Gasteiger partial charge >= 0.3 is 0 Å². The van der Waals surface area contributed by atoms with Gasteiger partial charge in [-0.15, -0.1) is 0 Å². The molecular formula is C18H24N2O3. The van der Waals surface area contributed by atoms with Crippen LogP contribution in [0, 0.1) is 0 Å². The van der Waals surface area contributed by atoms with E-state index in [4.69, 9.17) is 4.74 Å². The molecule has 124 valence electrons. The fourth-order valence-electron chi connectivity index (χ4n) is 2.65. The Morgan fingerprint density at radius 2 is 2.09 bits per heavy atom. The predicted molar refractivity (Wildman–Crippen MR) is 90.1 cm³/mol. The fourth-order valence-corrected chi connectivity index (χ4v) is 2.65. The van der Waals surface area contributed by atoms with Gasteiger partial charge in [0.2, 0.25) is 11.8 Å². The maximum Gasteiger partial charge on any atom is 0.244 e. The highest BCUT2D eigenvalue weighted by molar-refractivity contribution is 5.92. The number of carbonyl (C=O) groups excluding carboxylic acids is 2. The molecule has 0 spiro atoms. The monoisotopic (exact) mass is 316 g/mol. The number of benzene rings is 1. The number of nitrogens with one attached hydrogen (secondary N) is 2. The molecule has 2 amide bonds. The van der Waals surface area contributed by atoms with Crippen molar-refractivity contribution in [3.8, 4) is 5.75 Å². The number of methoxy groups -OCH3 is 1. The molecule has 0 atom stereocenters. The van der Waals surface area contributed by atoms with Crippen LogP contribution in [-0.4, -0.2) is 31.5 Å². The Bertz CT molecular complexity index is 563. The molecule has 1 fully saturated rings. The normalized spacial score (nSPS) is 14.8. The molecule has 23 heavy (non-hydrogen) atoms. The van der Waals surface area contributed by atoms with Crippen LogP contribution in [0.1, 0.15) is 37.7 Å². The first-order valence-corrected chi connectivity index (χ1v) is 8.06. The minimum Gasteiger partial charge on any atom is -0.497 e. The van der Waals surface area contributed by atoms with Crippen LogP contribution in [0.25, 0.3) is 6.08 Å². The van der Waals surface area contributed by atoms with Crippen molar-refractivity contribution in [1.29, 1.82) is 0 Å². The number of amides is 2. The second kappa shape index (κ2) is 8.98. The highest BCUT2D eigenvalue weighted by Crippen LogP contribution is 2.17. The maximum atomic E-state index is 11.7. The van der Waals surface area contributed by atoms with Crippen molar-refractivity contribution in [3.63, 3.8) is 0 Å². The molecule has 0 radical (unpaired) electrons.